The van der Waals surface area contributed by atoms with Gasteiger partial charge in [0.05, 0.1) is 20.8 Å². The Morgan fingerprint density at radius 1 is 1.11 bits per heavy atom. The van der Waals surface area contributed by atoms with Gasteiger partial charge in [0.15, 0.2) is 5.82 Å². The van der Waals surface area contributed by atoms with Gasteiger partial charge in [0.25, 0.3) is 5.91 Å². The Bertz CT molecular complexity index is 1150. The Labute approximate surface area is 176 Å². The average Bonchev–Trinajstić information content (AvgIpc) is 3.26. The van der Waals surface area contributed by atoms with Crippen molar-refractivity contribution in [3.63, 3.8) is 0 Å². The minimum absolute atomic E-state index is 0.201. The number of halogens is 2. The monoisotopic (exact) mass is 429 g/mol. The van der Waals surface area contributed by atoms with E-state index in [0.29, 0.717) is 20.6 Å². The molecule has 0 spiro atoms. The molecule has 2 aromatic carbocycles. The van der Waals surface area contributed by atoms with Gasteiger partial charge in [0.1, 0.15) is 0 Å². The van der Waals surface area contributed by atoms with Crippen LogP contribution < -0.4 is 5.32 Å². The molecule has 0 aliphatic carbocycles. The largest absolute Gasteiger partial charge is 0.323 e. The first-order valence-electron chi connectivity index (χ1n) is 8.88. The maximum Gasteiger partial charge on any atom is 0.265 e. The van der Waals surface area contributed by atoms with Gasteiger partial charge in [-0.2, -0.15) is 0 Å². The van der Waals surface area contributed by atoms with E-state index < -0.39 is 0 Å². The van der Waals surface area contributed by atoms with Crippen molar-refractivity contribution in [2.75, 3.05) is 5.32 Å². The number of nitrogens with zero attached hydrogens (tertiary/aromatic N) is 2. The van der Waals surface area contributed by atoms with Crippen LogP contribution >= 0.6 is 34.5 Å². The molecule has 0 atom stereocenters. The molecule has 2 aromatic heterocycles. The number of imidazole rings is 1. The molecule has 0 aliphatic rings. The van der Waals surface area contributed by atoms with Crippen molar-refractivity contribution in [3.8, 4) is 10.7 Å². The fourth-order valence-corrected chi connectivity index (χ4v) is 4.54. The predicted molar refractivity (Wildman–Crippen MR) is 118 cm³/mol. The second kappa shape index (κ2) is 7.95. The lowest BCUT2D eigenvalue weighted by atomic mass is 10.3. The number of benzene rings is 2. The smallest absolute Gasteiger partial charge is 0.265 e. The maximum absolute atomic E-state index is 12.7. The van der Waals surface area contributed by atoms with Crippen molar-refractivity contribution in [3.05, 3.63) is 69.5 Å². The highest BCUT2D eigenvalue weighted by molar-refractivity contribution is 7.17. The van der Waals surface area contributed by atoms with Crippen LogP contribution in [0.15, 0.2) is 54.6 Å². The molecule has 1 amide bonds. The molecule has 142 valence electrons. The second-order valence-electron chi connectivity index (χ2n) is 6.35. The molecular weight excluding hydrogens is 413 g/mol. The van der Waals surface area contributed by atoms with Gasteiger partial charge in [-0.3, -0.25) is 4.79 Å². The number of aryl methyl sites for hydroxylation is 1. The molecule has 0 radical (unpaired) electrons. The van der Waals surface area contributed by atoms with Crippen LogP contribution in [0.5, 0.6) is 0 Å². The number of aromatic nitrogens is 2. The zero-order valence-corrected chi connectivity index (χ0v) is 17.4. The average molecular weight is 430 g/mol. The lowest BCUT2D eigenvalue weighted by Crippen LogP contribution is -2.09. The summed E-state index contributed by atoms with van der Waals surface area (Å²) in [6.45, 7) is 3.01. The molecule has 4 rings (SSSR count). The summed E-state index contributed by atoms with van der Waals surface area (Å²) in [5.41, 5.74) is 2.63. The van der Waals surface area contributed by atoms with Crippen LogP contribution in [0.1, 0.15) is 23.0 Å². The lowest BCUT2D eigenvalue weighted by molar-refractivity contribution is 0.103. The van der Waals surface area contributed by atoms with Crippen LogP contribution in [0.2, 0.25) is 10.0 Å². The van der Waals surface area contributed by atoms with Crippen LogP contribution in [0, 0.1) is 0 Å². The minimum Gasteiger partial charge on any atom is -0.323 e. The molecule has 0 aliphatic heterocycles. The fourth-order valence-electron chi connectivity index (χ4n) is 3.11. The highest BCUT2D eigenvalue weighted by Gasteiger charge is 2.16. The summed E-state index contributed by atoms with van der Waals surface area (Å²) in [4.78, 5) is 19.0. The molecule has 28 heavy (non-hydrogen) atoms. The third kappa shape index (κ3) is 3.78. The third-order valence-corrected chi connectivity index (χ3v) is 5.79. The van der Waals surface area contributed by atoms with Crippen LogP contribution in [-0.4, -0.2) is 15.5 Å². The fraction of sp³-hybridized carbons (Fsp3) is 0.143. The number of hydrogen-bond acceptors (Lipinski definition) is 3. The molecule has 0 unspecified atom stereocenters. The standard InChI is InChI=1S/C21H17Cl2N3OS/c1-2-9-26-17-6-4-3-5-16(17)25-20(26)18-7-8-19(28-18)21(27)24-15-11-13(22)10-14(23)12-15/h3-8,10-12H,2,9H2,1H3,(H,24,27). The molecule has 0 bridgehead atoms. The Balaban J connectivity index is 1.65. The van der Waals surface area contributed by atoms with Gasteiger partial charge in [-0.25, -0.2) is 4.98 Å². The molecule has 4 nitrogen and oxygen atoms in total. The molecule has 4 aromatic rings. The van der Waals surface area contributed by atoms with Crippen LogP contribution in [-0.2, 0) is 6.54 Å². The van der Waals surface area contributed by atoms with E-state index in [2.05, 4.69) is 22.9 Å². The lowest BCUT2D eigenvalue weighted by Gasteiger charge is -2.06. The van der Waals surface area contributed by atoms with Crippen LogP contribution in [0.3, 0.4) is 0 Å². The number of carbonyl (C=O) groups is 1. The van der Waals surface area contributed by atoms with Gasteiger partial charge in [-0.15, -0.1) is 11.3 Å². The molecule has 0 fully saturated rings. The zero-order chi connectivity index (χ0) is 19.7. The minimum atomic E-state index is -0.201. The first kappa shape index (κ1) is 19.0. The number of anilines is 1. The summed E-state index contributed by atoms with van der Waals surface area (Å²) in [6, 6.07) is 16.8. The van der Waals surface area contributed by atoms with Gasteiger partial charge < -0.3 is 9.88 Å². The van der Waals surface area contributed by atoms with Gasteiger partial charge in [0, 0.05) is 22.3 Å². The first-order valence-corrected chi connectivity index (χ1v) is 10.5. The highest BCUT2D eigenvalue weighted by Crippen LogP contribution is 2.31. The quantitative estimate of drug-likeness (QED) is 0.381. The number of thiophene rings is 1. The third-order valence-electron chi connectivity index (χ3n) is 4.27. The van der Waals surface area contributed by atoms with E-state index in [0.717, 1.165) is 34.7 Å². The SMILES string of the molecule is CCCn1c(-c2ccc(C(=O)Nc3cc(Cl)cc(Cl)c3)s2)nc2ccccc21. The number of nitrogens with one attached hydrogen (secondary N) is 1. The van der Waals surface area contributed by atoms with E-state index in [4.69, 9.17) is 28.2 Å². The van der Waals surface area contributed by atoms with E-state index in [1.807, 2.05) is 30.3 Å². The van der Waals surface area contributed by atoms with E-state index in [-0.39, 0.29) is 5.91 Å². The van der Waals surface area contributed by atoms with Crippen molar-refractivity contribution in [2.24, 2.45) is 0 Å². The number of amides is 1. The van der Waals surface area contributed by atoms with Gasteiger partial charge in [-0.1, -0.05) is 42.3 Å². The zero-order valence-electron chi connectivity index (χ0n) is 15.1. The first-order chi connectivity index (χ1) is 13.5. The van der Waals surface area contributed by atoms with E-state index >= 15 is 0 Å². The second-order valence-corrected chi connectivity index (χ2v) is 8.31. The normalized spacial score (nSPS) is 11.1. The molecule has 2 heterocycles. The van der Waals surface area contributed by atoms with Gasteiger partial charge in [-0.05, 0) is 48.9 Å². The summed E-state index contributed by atoms with van der Waals surface area (Å²) < 4.78 is 2.21. The number of para-hydroxylation sites is 2. The number of fused-ring (bicyclic) bond motifs is 1. The topological polar surface area (TPSA) is 46.9 Å². The Morgan fingerprint density at radius 2 is 1.86 bits per heavy atom. The summed E-state index contributed by atoms with van der Waals surface area (Å²) >= 11 is 13.4. The van der Waals surface area contributed by atoms with Crippen molar-refractivity contribution < 1.29 is 4.79 Å². The van der Waals surface area contributed by atoms with Crippen molar-refractivity contribution in [2.45, 2.75) is 19.9 Å². The van der Waals surface area contributed by atoms with Gasteiger partial charge in [0.2, 0.25) is 0 Å². The Hall–Kier alpha value is -2.34. The van der Waals surface area contributed by atoms with Gasteiger partial charge >= 0.3 is 0 Å². The highest BCUT2D eigenvalue weighted by atomic mass is 35.5. The summed E-state index contributed by atoms with van der Waals surface area (Å²) in [6.07, 6.45) is 1.00. The predicted octanol–water partition coefficient (Wildman–Crippen LogP) is 6.73. The molecule has 0 saturated carbocycles. The van der Waals surface area contributed by atoms with Crippen molar-refractivity contribution >= 4 is 57.2 Å². The Kier molecular flexibility index (Phi) is 5.40. The molecule has 1 N–H and O–H groups in total. The molecule has 7 heteroatoms. The van der Waals surface area contributed by atoms with E-state index in [1.165, 1.54) is 11.3 Å². The van der Waals surface area contributed by atoms with Crippen molar-refractivity contribution in [1.82, 2.24) is 9.55 Å². The van der Waals surface area contributed by atoms with E-state index in [1.54, 1.807) is 18.2 Å². The maximum atomic E-state index is 12.7. The summed E-state index contributed by atoms with van der Waals surface area (Å²) in [7, 11) is 0. The van der Waals surface area contributed by atoms with E-state index in [9.17, 15) is 4.79 Å². The number of carbonyl (C=O) groups excluding carboxylic acids is 1. The summed E-state index contributed by atoms with van der Waals surface area (Å²) in [5, 5.41) is 3.80. The number of hydrogen-bond donors (Lipinski definition) is 1. The molecule has 0 saturated heterocycles. The van der Waals surface area contributed by atoms with Crippen LogP contribution in [0.4, 0.5) is 5.69 Å². The summed E-state index contributed by atoms with van der Waals surface area (Å²) in [5.74, 6) is 0.686. The Morgan fingerprint density at radius 3 is 2.61 bits per heavy atom. The molecular formula is C21H17Cl2N3OS. The van der Waals surface area contributed by atoms with Crippen molar-refractivity contribution in [1.29, 1.82) is 0 Å². The van der Waals surface area contributed by atoms with Crippen LogP contribution in [0.25, 0.3) is 21.7 Å². The number of rotatable bonds is 5.